The zero-order chi connectivity index (χ0) is 19.8. The van der Waals surface area contributed by atoms with Crippen molar-refractivity contribution in [1.82, 2.24) is 25.0 Å². The monoisotopic (exact) mass is 453 g/mol. The first-order chi connectivity index (χ1) is 13.5. The van der Waals surface area contributed by atoms with E-state index in [0.717, 1.165) is 22.3 Å². The molecule has 9 heteroatoms. The highest BCUT2D eigenvalue weighted by atomic mass is 35.5. The van der Waals surface area contributed by atoms with Gasteiger partial charge in [-0.3, -0.25) is 4.79 Å². The van der Waals surface area contributed by atoms with E-state index in [0.29, 0.717) is 25.2 Å². The van der Waals surface area contributed by atoms with Crippen LogP contribution < -0.4 is 5.32 Å². The van der Waals surface area contributed by atoms with Crippen LogP contribution in [0.2, 0.25) is 0 Å². The topological polar surface area (TPSA) is 63.1 Å². The van der Waals surface area contributed by atoms with Gasteiger partial charge in [-0.1, -0.05) is 12.1 Å². The van der Waals surface area contributed by atoms with E-state index in [1.807, 2.05) is 42.5 Å². The molecule has 0 bridgehead atoms. The third-order valence-corrected chi connectivity index (χ3v) is 5.15. The van der Waals surface area contributed by atoms with Gasteiger partial charge in [0.15, 0.2) is 5.65 Å². The van der Waals surface area contributed by atoms with Crippen LogP contribution >= 0.6 is 24.8 Å². The fourth-order valence-electron chi connectivity index (χ4n) is 3.81. The van der Waals surface area contributed by atoms with Gasteiger partial charge in [-0.15, -0.1) is 24.8 Å². The number of carbonyl (C=O) groups excluding carboxylic acids is 1. The van der Waals surface area contributed by atoms with Crippen molar-refractivity contribution in [1.29, 1.82) is 0 Å². The van der Waals surface area contributed by atoms with Gasteiger partial charge in [0.25, 0.3) is 5.91 Å². The molecule has 0 radical (unpaired) electrons. The van der Waals surface area contributed by atoms with Crippen molar-refractivity contribution < 1.29 is 9.18 Å². The molecule has 2 aromatic heterocycles. The highest BCUT2D eigenvalue weighted by molar-refractivity contribution is 6.05. The van der Waals surface area contributed by atoms with Gasteiger partial charge in [-0.25, -0.2) is 14.1 Å². The second-order valence-electron chi connectivity index (χ2n) is 7.50. The molecule has 3 heterocycles. The molecular weight excluding hydrogens is 428 g/mol. The number of amides is 1. The van der Waals surface area contributed by atoms with Gasteiger partial charge in [0, 0.05) is 31.4 Å². The second kappa shape index (κ2) is 9.73. The van der Waals surface area contributed by atoms with Crippen molar-refractivity contribution in [3.8, 4) is 0 Å². The van der Waals surface area contributed by atoms with Crippen LogP contribution in [0.5, 0.6) is 0 Å². The van der Waals surface area contributed by atoms with E-state index in [2.05, 4.69) is 15.4 Å². The molecule has 3 aromatic rings. The molecule has 1 amide bonds. The van der Waals surface area contributed by atoms with Crippen LogP contribution in [0.15, 0.2) is 36.5 Å². The van der Waals surface area contributed by atoms with Crippen LogP contribution in [0.25, 0.3) is 11.0 Å². The molecule has 162 valence electrons. The van der Waals surface area contributed by atoms with Crippen LogP contribution in [0.3, 0.4) is 0 Å². The number of pyridine rings is 1. The summed E-state index contributed by atoms with van der Waals surface area (Å²) in [6, 6.07) is 8.22. The van der Waals surface area contributed by atoms with Gasteiger partial charge in [0.1, 0.15) is 5.82 Å². The van der Waals surface area contributed by atoms with E-state index in [-0.39, 0.29) is 48.6 Å². The Morgan fingerprint density at radius 1 is 1.27 bits per heavy atom. The lowest BCUT2D eigenvalue weighted by atomic mass is 10.0. The summed E-state index contributed by atoms with van der Waals surface area (Å²) in [6.45, 7) is 7.81. The number of hydrogen-bond donors (Lipinski definition) is 1. The fourth-order valence-corrected chi connectivity index (χ4v) is 3.81. The number of benzene rings is 1. The molecule has 4 rings (SSSR count). The number of nitrogens with one attached hydrogen (secondary N) is 1. The van der Waals surface area contributed by atoms with Gasteiger partial charge < -0.3 is 10.2 Å². The van der Waals surface area contributed by atoms with Crippen molar-refractivity contribution in [3.05, 3.63) is 59.2 Å². The van der Waals surface area contributed by atoms with Crippen LogP contribution in [-0.2, 0) is 0 Å². The number of fused-ring (bicyclic) bond motifs is 1. The predicted molar refractivity (Wildman–Crippen MR) is 120 cm³/mol. The van der Waals surface area contributed by atoms with Crippen molar-refractivity contribution in [2.24, 2.45) is 0 Å². The Morgan fingerprint density at radius 2 is 2.03 bits per heavy atom. The smallest absolute Gasteiger partial charge is 0.255 e. The van der Waals surface area contributed by atoms with Gasteiger partial charge in [-0.05, 0) is 44.5 Å². The third kappa shape index (κ3) is 4.43. The molecular formula is C21H26Cl2FN5O. The SMILES string of the molecule is Cc1cc(C(=O)N2CCNCC2c2cccc(F)c2)c2cnn(C(C)C)c2n1.Cl.Cl. The van der Waals surface area contributed by atoms with E-state index >= 15 is 0 Å². The highest BCUT2D eigenvalue weighted by Crippen LogP contribution is 2.28. The summed E-state index contributed by atoms with van der Waals surface area (Å²) in [7, 11) is 0. The minimum absolute atomic E-state index is 0. The number of aryl methyl sites for hydroxylation is 1. The van der Waals surface area contributed by atoms with Gasteiger partial charge in [-0.2, -0.15) is 5.10 Å². The van der Waals surface area contributed by atoms with E-state index in [1.165, 1.54) is 12.1 Å². The summed E-state index contributed by atoms with van der Waals surface area (Å²) < 4.78 is 15.6. The molecule has 1 N–H and O–H groups in total. The van der Waals surface area contributed by atoms with Crippen LogP contribution in [0, 0.1) is 12.7 Å². The Labute approximate surface area is 187 Å². The summed E-state index contributed by atoms with van der Waals surface area (Å²) in [4.78, 5) is 20.0. The lowest BCUT2D eigenvalue weighted by Gasteiger charge is -2.36. The van der Waals surface area contributed by atoms with E-state index in [4.69, 9.17) is 0 Å². The number of aromatic nitrogens is 3. The van der Waals surface area contributed by atoms with E-state index in [9.17, 15) is 9.18 Å². The van der Waals surface area contributed by atoms with Crippen molar-refractivity contribution in [2.45, 2.75) is 32.9 Å². The summed E-state index contributed by atoms with van der Waals surface area (Å²) in [5.41, 5.74) is 2.88. The number of nitrogens with zero attached hydrogens (tertiary/aromatic N) is 4. The summed E-state index contributed by atoms with van der Waals surface area (Å²) >= 11 is 0. The number of hydrogen-bond acceptors (Lipinski definition) is 4. The quantitative estimate of drug-likeness (QED) is 0.648. The van der Waals surface area contributed by atoms with Crippen LogP contribution in [0.1, 0.15) is 47.5 Å². The number of carbonyl (C=O) groups is 1. The Kier molecular flexibility index (Phi) is 7.80. The highest BCUT2D eigenvalue weighted by Gasteiger charge is 2.30. The lowest BCUT2D eigenvalue weighted by Crippen LogP contribution is -2.48. The molecule has 1 aliphatic heterocycles. The maximum absolute atomic E-state index is 13.8. The van der Waals surface area contributed by atoms with Gasteiger partial charge >= 0.3 is 0 Å². The maximum atomic E-state index is 13.8. The fraction of sp³-hybridized carbons (Fsp3) is 0.381. The van der Waals surface area contributed by atoms with Crippen LogP contribution in [-0.4, -0.2) is 45.2 Å². The van der Waals surface area contributed by atoms with E-state index < -0.39 is 0 Å². The molecule has 1 saturated heterocycles. The van der Waals surface area contributed by atoms with Gasteiger partial charge in [0.05, 0.1) is 23.2 Å². The Bertz CT molecular complexity index is 1040. The number of rotatable bonds is 3. The summed E-state index contributed by atoms with van der Waals surface area (Å²) in [5, 5.41) is 8.50. The van der Waals surface area contributed by atoms with Crippen molar-refractivity contribution in [2.75, 3.05) is 19.6 Å². The number of halogens is 3. The van der Waals surface area contributed by atoms with Crippen molar-refractivity contribution >= 4 is 41.8 Å². The average Bonchev–Trinajstić information content (AvgIpc) is 3.11. The molecule has 1 unspecified atom stereocenters. The molecule has 6 nitrogen and oxygen atoms in total. The van der Waals surface area contributed by atoms with Gasteiger partial charge in [0.2, 0.25) is 0 Å². The summed E-state index contributed by atoms with van der Waals surface area (Å²) in [5.74, 6) is -0.370. The zero-order valence-electron chi connectivity index (χ0n) is 17.1. The van der Waals surface area contributed by atoms with E-state index in [1.54, 1.807) is 12.3 Å². The maximum Gasteiger partial charge on any atom is 0.255 e. The molecule has 1 aromatic carbocycles. The molecule has 1 aliphatic rings. The Hall–Kier alpha value is -2.22. The molecule has 30 heavy (non-hydrogen) atoms. The second-order valence-corrected chi connectivity index (χ2v) is 7.50. The minimum atomic E-state index is -0.296. The lowest BCUT2D eigenvalue weighted by molar-refractivity contribution is 0.0636. The predicted octanol–water partition coefficient (Wildman–Crippen LogP) is 4.09. The average molecular weight is 454 g/mol. The normalized spacial score (nSPS) is 16.3. The van der Waals surface area contributed by atoms with Crippen LogP contribution in [0.4, 0.5) is 4.39 Å². The molecule has 0 aliphatic carbocycles. The first-order valence-electron chi connectivity index (χ1n) is 9.57. The largest absolute Gasteiger partial charge is 0.329 e. The molecule has 1 fully saturated rings. The zero-order valence-corrected chi connectivity index (χ0v) is 18.8. The summed E-state index contributed by atoms with van der Waals surface area (Å²) in [6.07, 6.45) is 1.72. The standard InChI is InChI=1S/C21H24FN5O.2ClH/c1-13(2)27-20-18(11-24-27)17(9-14(3)25-20)21(28)26-8-7-23-12-19(26)15-5-4-6-16(22)10-15;;/h4-6,9-11,13,19,23H,7-8,12H2,1-3H3;2*1H. The Balaban J connectivity index is 0.00000160. The molecule has 1 atom stereocenters. The first kappa shape index (κ1) is 24.1. The number of piperazine rings is 1. The Morgan fingerprint density at radius 3 is 2.73 bits per heavy atom. The molecule has 0 spiro atoms. The minimum Gasteiger partial charge on any atom is -0.329 e. The molecule has 0 saturated carbocycles. The third-order valence-electron chi connectivity index (χ3n) is 5.15. The van der Waals surface area contributed by atoms with Crippen molar-refractivity contribution in [3.63, 3.8) is 0 Å². The first-order valence-corrected chi connectivity index (χ1v) is 9.57.